The van der Waals surface area contributed by atoms with E-state index in [4.69, 9.17) is 10.3 Å². The van der Waals surface area contributed by atoms with E-state index in [1.165, 1.54) is 12.1 Å². The third-order valence-corrected chi connectivity index (χ3v) is 1.11. The Hall–Kier alpha value is -1.29. The molecule has 0 aliphatic rings. The van der Waals surface area contributed by atoms with Crippen molar-refractivity contribution in [3.05, 3.63) is 24.0 Å². The Morgan fingerprint density at radius 1 is 1.40 bits per heavy atom. The van der Waals surface area contributed by atoms with Gasteiger partial charge in [0.05, 0.1) is 0 Å². The summed E-state index contributed by atoms with van der Waals surface area (Å²) < 4.78 is 12.4. The van der Waals surface area contributed by atoms with Crippen molar-refractivity contribution in [2.75, 3.05) is 5.48 Å². The van der Waals surface area contributed by atoms with Crippen LogP contribution in [-0.4, -0.2) is 10.3 Å². The first-order valence-corrected chi connectivity index (χ1v) is 2.63. The molecule has 3 nitrogen and oxygen atoms in total. The van der Waals surface area contributed by atoms with Gasteiger partial charge in [-0.15, -0.1) is 0 Å². The summed E-state index contributed by atoms with van der Waals surface area (Å²) >= 11 is 0. The van der Waals surface area contributed by atoms with Crippen LogP contribution in [0.15, 0.2) is 18.2 Å². The summed E-state index contributed by atoms with van der Waals surface area (Å²) in [7, 11) is 0. The number of benzene rings is 1. The Morgan fingerprint density at radius 2 is 2.10 bits per heavy atom. The predicted molar refractivity (Wildman–Crippen MR) is 33.5 cm³/mol. The van der Waals surface area contributed by atoms with E-state index in [2.05, 4.69) is 0 Å². The first-order valence-electron chi connectivity index (χ1n) is 2.63. The molecule has 0 atom stereocenters. The standard InChI is InChI=1S/C6H6FNO2/c7-4-2-1-3-5(8-10)6(4)9/h1-3,8-10H. The molecule has 54 valence electrons. The van der Waals surface area contributed by atoms with E-state index >= 15 is 0 Å². The summed E-state index contributed by atoms with van der Waals surface area (Å²) in [5.41, 5.74) is 1.60. The normalized spacial score (nSPS) is 9.40. The van der Waals surface area contributed by atoms with Crippen LogP contribution in [0.2, 0.25) is 0 Å². The average molecular weight is 143 g/mol. The summed E-state index contributed by atoms with van der Waals surface area (Å²) in [4.78, 5) is 0. The molecule has 0 aromatic heterocycles. The van der Waals surface area contributed by atoms with E-state index in [0.29, 0.717) is 0 Å². The van der Waals surface area contributed by atoms with E-state index < -0.39 is 11.6 Å². The number of rotatable bonds is 1. The Balaban J connectivity index is 3.14. The van der Waals surface area contributed by atoms with Crippen LogP contribution in [0.25, 0.3) is 0 Å². The lowest BCUT2D eigenvalue weighted by Gasteiger charge is -2.00. The summed E-state index contributed by atoms with van der Waals surface area (Å²) in [5, 5.41) is 17.1. The van der Waals surface area contributed by atoms with Crippen LogP contribution >= 0.6 is 0 Å². The highest BCUT2D eigenvalue weighted by Crippen LogP contribution is 2.24. The first kappa shape index (κ1) is 6.82. The lowest BCUT2D eigenvalue weighted by molar-refractivity contribution is 0.375. The Kier molecular flexibility index (Phi) is 1.73. The zero-order valence-corrected chi connectivity index (χ0v) is 5.00. The van der Waals surface area contributed by atoms with E-state index in [9.17, 15) is 4.39 Å². The van der Waals surface area contributed by atoms with Crippen LogP contribution in [0.3, 0.4) is 0 Å². The number of phenolic OH excluding ortho intramolecular Hbond substituents is 1. The Labute approximate surface area is 56.7 Å². The van der Waals surface area contributed by atoms with Gasteiger partial charge in [-0.05, 0) is 12.1 Å². The van der Waals surface area contributed by atoms with Gasteiger partial charge in [-0.2, -0.15) is 0 Å². The van der Waals surface area contributed by atoms with Gasteiger partial charge in [0.1, 0.15) is 5.69 Å². The molecule has 0 amide bonds. The van der Waals surface area contributed by atoms with Gasteiger partial charge >= 0.3 is 0 Å². The number of anilines is 1. The molecule has 10 heavy (non-hydrogen) atoms. The van der Waals surface area contributed by atoms with Crippen LogP contribution in [-0.2, 0) is 0 Å². The number of phenols is 1. The van der Waals surface area contributed by atoms with Crippen molar-refractivity contribution in [3.63, 3.8) is 0 Å². The Morgan fingerprint density at radius 3 is 2.60 bits per heavy atom. The lowest BCUT2D eigenvalue weighted by Crippen LogP contribution is -1.90. The molecule has 0 aliphatic heterocycles. The van der Waals surface area contributed by atoms with Crippen LogP contribution in [0.1, 0.15) is 0 Å². The molecule has 1 aromatic rings. The highest BCUT2D eigenvalue weighted by atomic mass is 19.1. The van der Waals surface area contributed by atoms with Crippen molar-refractivity contribution in [2.24, 2.45) is 0 Å². The van der Waals surface area contributed by atoms with Crippen molar-refractivity contribution >= 4 is 5.69 Å². The predicted octanol–water partition coefficient (Wildman–Crippen LogP) is 1.33. The fraction of sp³-hybridized carbons (Fsp3) is 0. The molecule has 3 N–H and O–H groups in total. The van der Waals surface area contributed by atoms with Crippen molar-refractivity contribution in [1.29, 1.82) is 0 Å². The van der Waals surface area contributed by atoms with Crippen molar-refractivity contribution in [3.8, 4) is 5.75 Å². The minimum Gasteiger partial charge on any atom is -0.503 e. The molecule has 0 radical (unpaired) electrons. The second kappa shape index (κ2) is 2.53. The second-order valence-electron chi connectivity index (χ2n) is 1.75. The molecule has 1 aromatic carbocycles. The third-order valence-electron chi connectivity index (χ3n) is 1.11. The zero-order chi connectivity index (χ0) is 7.56. The molecule has 0 spiro atoms. The maximum atomic E-state index is 12.4. The van der Waals surface area contributed by atoms with Gasteiger partial charge in [-0.3, -0.25) is 10.7 Å². The monoisotopic (exact) mass is 143 g/mol. The van der Waals surface area contributed by atoms with Gasteiger partial charge in [0.2, 0.25) is 0 Å². The zero-order valence-electron chi connectivity index (χ0n) is 5.00. The molecule has 0 saturated heterocycles. The second-order valence-corrected chi connectivity index (χ2v) is 1.75. The van der Waals surface area contributed by atoms with Crippen LogP contribution in [0.5, 0.6) is 5.75 Å². The summed E-state index contributed by atoms with van der Waals surface area (Å²) in [6.07, 6.45) is 0. The van der Waals surface area contributed by atoms with E-state index in [0.717, 1.165) is 6.07 Å². The molecule has 0 bridgehead atoms. The maximum Gasteiger partial charge on any atom is 0.177 e. The van der Waals surface area contributed by atoms with Crippen LogP contribution in [0.4, 0.5) is 10.1 Å². The van der Waals surface area contributed by atoms with Crippen molar-refractivity contribution in [1.82, 2.24) is 0 Å². The number of hydrogen-bond acceptors (Lipinski definition) is 3. The average Bonchev–Trinajstić information content (AvgIpc) is 1.95. The topological polar surface area (TPSA) is 52.5 Å². The summed E-state index contributed by atoms with van der Waals surface area (Å²) in [5.74, 6) is -1.34. The molecule has 0 aliphatic carbocycles. The highest BCUT2D eigenvalue weighted by Gasteiger charge is 2.03. The van der Waals surface area contributed by atoms with Gasteiger partial charge < -0.3 is 5.11 Å². The number of hydrogen-bond donors (Lipinski definition) is 3. The Bertz CT molecular complexity index is 239. The summed E-state index contributed by atoms with van der Waals surface area (Å²) in [6.45, 7) is 0. The fourth-order valence-electron chi connectivity index (χ4n) is 0.606. The largest absolute Gasteiger partial charge is 0.503 e. The molecule has 1 rings (SSSR count). The smallest absolute Gasteiger partial charge is 0.177 e. The quantitative estimate of drug-likeness (QED) is 0.410. The molecule has 0 heterocycles. The minimum atomic E-state index is -0.765. The lowest BCUT2D eigenvalue weighted by atomic mass is 10.3. The molecule has 0 saturated carbocycles. The molecular weight excluding hydrogens is 137 g/mol. The van der Waals surface area contributed by atoms with Crippen molar-refractivity contribution in [2.45, 2.75) is 0 Å². The van der Waals surface area contributed by atoms with Crippen LogP contribution in [0, 0.1) is 5.82 Å². The number of para-hydroxylation sites is 1. The van der Waals surface area contributed by atoms with Crippen molar-refractivity contribution < 1.29 is 14.7 Å². The highest BCUT2D eigenvalue weighted by molar-refractivity contribution is 5.54. The molecule has 0 unspecified atom stereocenters. The van der Waals surface area contributed by atoms with E-state index in [1.54, 1.807) is 5.48 Å². The van der Waals surface area contributed by atoms with Gasteiger partial charge in [-0.1, -0.05) is 6.07 Å². The number of nitrogens with one attached hydrogen (secondary N) is 1. The molecule has 4 heteroatoms. The van der Waals surface area contributed by atoms with Gasteiger partial charge in [-0.25, -0.2) is 4.39 Å². The van der Waals surface area contributed by atoms with Gasteiger partial charge in [0.25, 0.3) is 0 Å². The number of halogens is 1. The minimum absolute atomic E-state index is 0.0417. The molecular formula is C6H6FNO2. The fourth-order valence-corrected chi connectivity index (χ4v) is 0.606. The SMILES string of the molecule is ONc1cccc(F)c1O. The first-order chi connectivity index (χ1) is 4.75. The van der Waals surface area contributed by atoms with Gasteiger partial charge in [0, 0.05) is 0 Å². The third kappa shape index (κ3) is 1.01. The molecule has 0 fully saturated rings. The van der Waals surface area contributed by atoms with E-state index in [1.807, 2.05) is 0 Å². The van der Waals surface area contributed by atoms with Crippen LogP contribution < -0.4 is 5.48 Å². The van der Waals surface area contributed by atoms with Gasteiger partial charge in [0.15, 0.2) is 11.6 Å². The maximum absolute atomic E-state index is 12.4. The number of aromatic hydroxyl groups is 1. The summed E-state index contributed by atoms with van der Waals surface area (Å²) in [6, 6.07) is 3.81. The van der Waals surface area contributed by atoms with E-state index in [-0.39, 0.29) is 5.69 Å².